The summed E-state index contributed by atoms with van der Waals surface area (Å²) in [6.45, 7) is 0. The average molecular weight is 640 g/mol. The molecule has 0 aliphatic heterocycles. The number of aromatic nitrogens is 4. The molecular weight excluding hydrogens is 611 g/mol. The first-order valence-electron chi connectivity index (χ1n) is 16.4. The molecule has 0 bridgehead atoms. The van der Waals surface area contributed by atoms with Gasteiger partial charge in [-0.2, -0.15) is 5.26 Å². The fourth-order valence-corrected chi connectivity index (χ4v) is 5.97. The Morgan fingerprint density at radius 3 is 0.940 bits per heavy atom. The Morgan fingerprint density at radius 2 is 0.620 bits per heavy atom. The number of hydrogen-bond donors (Lipinski definition) is 0. The van der Waals surface area contributed by atoms with Crippen molar-refractivity contribution in [1.82, 2.24) is 19.9 Å². The Bertz CT molecular complexity index is 2200. The van der Waals surface area contributed by atoms with Gasteiger partial charge in [0, 0.05) is 33.4 Å². The van der Waals surface area contributed by atoms with Gasteiger partial charge < -0.3 is 0 Å². The van der Waals surface area contributed by atoms with E-state index in [-0.39, 0.29) is 0 Å². The monoisotopic (exact) mass is 639 g/mol. The van der Waals surface area contributed by atoms with Gasteiger partial charge in [-0.3, -0.25) is 0 Å². The number of hydrogen-bond acceptors (Lipinski definition) is 5. The zero-order valence-corrected chi connectivity index (χ0v) is 27.0. The van der Waals surface area contributed by atoms with Gasteiger partial charge in [-0.15, -0.1) is 0 Å². The van der Waals surface area contributed by atoms with E-state index in [1.807, 2.05) is 109 Å². The molecule has 50 heavy (non-hydrogen) atoms. The zero-order chi connectivity index (χ0) is 33.7. The molecule has 0 unspecified atom stereocenters. The molecule has 2 aromatic heterocycles. The Morgan fingerprint density at radius 1 is 0.300 bits per heavy atom. The smallest absolute Gasteiger partial charge is 0.160 e. The van der Waals surface area contributed by atoms with E-state index in [4.69, 9.17) is 19.9 Å². The van der Waals surface area contributed by atoms with E-state index in [9.17, 15) is 5.26 Å². The maximum absolute atomic E-state index is 9.48. The molecule has 5 heteroatoms. The van der Waals surface area contributed by atoms with Crippen molar-refractivity contribution in [2.45, 2.75) is 0 Å². The van der Waals surface area contributed by atoms with Crippen LogP contribution in [0.15, 0.2) is 176 Å². The second kappa shape index (κ2) is 13.6. The Balaban J connectivity index is 1.37. The van der Waals surface area contributed by atoms with Crippen molar-refractivity contribution in [2.24, 2.45) is 0 Å². The Kier molecular flexibility index (Phi) is 8.25. The lowest BCUT2D eigenvalue weighted by Gasteiger charge is -2.14. The molecule has 8 rings (SSSR count). The van der Waals surface area contributed by atoms with Gasteiger partial charge in [0.2, 0.25) is 0 Å². The molecule has 5 nitrogen and oxygen atoms in total. The van der Waals surface area contributed by atoms with Gasteiger partial charge in [-0.05, 0) is 53.6 Å². The highest BCUT2D eigenvalue weighted by Gasteiger charge is 2.16. The normalized spacial score (nSPS) is 10.8. The van der Waals surface area contributed by atoms with Gasteiger partial charge in [-0.25, -0.2) is 19.9 Å². The summed E-state index contributed by atoms with van der Waals surface area (Å²) in [4.78, 5) is 20.5. The first kappa shape index (κ1) is 30.3. The summed E-state index contributed by atoms with van der Waals surface area (Å²) in [6.07, 6.45) is 0. The van der Waals surface area contributed by atoms with Crippen LogP contribution in [0.2, 0.25) is 0 Å². The molecule has 8 aromatic rings. The summed E-state index contributed by atoms with van der Waals surface area (Å²) < 4.78 is 0. The third-order valence-electron chi connectivity index (χ3n) is 8.53. The van der Waals surface area contributed by atoms with Crippen molar-refractivity contribution < 1.29 is 0 Å². The van der Waals surface area contributed by atoms with E-state index >= 15 is 0 Å². The molecule has 0 saturated carbocycles. The van der Waals surface area contributed by atoms with Gasteiger partial charge in [-0.1, -0.05) is 133 Å². The van der Waals surface area contributed by atoms with Crippen molar-refractivity contribution in [2.75, 3.05) is 0 Å². The fraction of sp³-hybridized carbons (Fsp3) is 0. The van der Waals surface area contributed by atoms with Crippen LogP contribution < -0.4 is 0 Å². The zero-order valence-electron chi connectivity index (χ0n) is 27.0. The van der Waals surface area contributed by atoms with Crippen LogP contribution in [-0.4, -0.2) is 19.9 Å². The Hall–Kier alpha value is -7.03. The molecule has 0 aliphatic carbocycles. The second-order valence-electron chi connectivity index (χ2n) is 11.9. The topological polar surface area (TPSA) is 75.3 Å². The van der Waals surface area contributed by atoms with Crippen molar-refractivity contribution in [3.05, 3.63) is 181 Å². The van der Waals surface area contributed by atoms with E-state index in [1.165, 1.54) is 0 Å². The van der Waals surface area contributed by atoms with Crippen LogP contribution in [0.5, 0.6) is 0 Å². The maximum atomic E-state index is 9.48. The summed E-state index contributed by atoms with van der Waals surface area (Å²) in [5.74, 6) is 1.17. The lowest BCUT2D eigenvalue weighted by molar-refractivity contribution is 1.17. The molecule has 0 atom stereocenters. The van der Waals surface area contributed by atoms with E-state index in [0.717, 1.165) is 67.3 Å². The van der Waals surface area contributed by atoms with Crippen molar-refractivity contribution in [1.29, 1.82) is 5.26 Å². The molecular formula is C45H29N5. The maximum Gasteiger partial charge on any atom is 0.160 e. The van der Waals surface area contributed by atoms with E-state index in [2.05, 4.69) is 72.8 Å². The summed E-state index contributed by atoms with van der Waals surface area (Å²) in [6, 6.07) is 60.9. The minimum Gasteiger partial charge on any atom is -0.228 e. The van der Waals surface area contributed by atoms with Crippen molar-refractivity contribution in [3.8, 4) is 85.0 Å². The molecule has 0 spiro atoms. The highest BCUT2D eigenvalue weighted by Crippen LogP contribution is 2.35. The molecule has 6 aromatic carbocycles. The highest BCUT2D eigenvalue weighted by atomic mass is 14.9. The van der Waals surface area contributed by atoms with Crippen LogP contribution in [0.4, 0.5) is 0 Å². The third kappa shape index (κ3) is 6.42. The molecule has 0 aliphatic rings. The quantitative estimate of drug-likeness (QED) is 0.173. The molecule has 0 saturated heterocycles. The second-order valence-corrected chi connectivity index (χ2v) is 11.9. The van der Waals surface area contributed by atoms with Gasteiger partial charge in [0.25, 0.3) is 0 Å². The van der Waals surface area contributed by atoms with E-state index in [1.54, 1.807) is 0 Å². The minimum atomic E-state index is 0.587. The lowest BCUT2D eigenvalue weighted by Crippen LogP contribution is -1.99. The van der Waals surface area contributed by atoms with Crippen molar-refractivity contribution >= 4 is 0 Å². The average Bonchev–Trinajstić information content (AvgIpc) is 3.21. The Labute approximate surface area is 290 Å². The van der Waals surface area contributed by atoms with Crippen LogP contribution in [0.25, 0.3) is 78.9 Å². The van der Waals surface area contributed by atoms with Gasteiger partial charge in [0.1, 0.15) is 0 Å². The number of rotatable bonds is 7. The van der Waals surface area contributed by atoms with E-state index in [0.29, 0.717) is 17.2 Å². The van der Waals surface area contributed by atoms with Crippen molar-refractivity contribution in [3.63, 3.8) is 0 Å². The SMILES string of the molecule is N#Cc1ccc(-c2cc(-c3nc(-c4ccccc4)cc(-c4ccccc4)n3)cc(-c3nc(-c4ccccc4)cc(-c4ccccc4)n3)c2)cc1. The first-order valence-corrected chi connectivity index (χ1v) is 16.4. The minimum absolute atomic E-state index is 0.587. The highest BCUT2D eigenvalue weighted by molar-refractivity contribution is 5.81. The molecule has 0 radical (unpaired) electrons. The molecule has 0 N–H and O–H groups in total. The number of benzene rings is 6. The van der Waals surface area contributed by atoms with E-state index < -0.39 is 0 Å². The van der Waals surface area contributed by atoms with Crippen LogP contribution in [0.3, 0.4) is 0 Å². The standard InChI is InChI=1S/C45H29N5/c46-30-31-21-23-32(24-22-31)37-25-38(44-47-40(33-13-5-1-6-14-33)28-41(48-44)34-15-7-2-8-16-34)27-39(26-37)45-49-42(35-17-9-3-10-18-35)29-43(50-45)36-19-11-4-12-20-36/h1-29H. The summed E-state index contributed by atoms with van der Waals surface area (Å²) in [7, 11) is 0. The van der Waals surface area contributed by atoms with Crippen LogP contribution in [-0.2, 0) is 0 Å². The fourth-order valence-electron chi connectivity index (χ4n) is 5.97. The van der Waals surface area contributed by atoms with Crippen LogP contribution >= 0.6 is 0 Å². The summed E-state index contributed by atoms with van der Waals surface area (Å²) in [5.41, 5.74) is 11.5. The summed E-state index contributed by atoms with van der Waals surface area (Å²) in [5, 5.41) is 9.48. The van der Waals surface area contributed by atoms with Gasteiger partial charge in [0.05, 0.1) is 34.4 Å². The number of nitriles is 1. The number of nitrogens with zero attached hydrogens (tertiary/aromatic N) is 5. The van der Waals surface area contributed by atoms with Gasteiger partial charge >= 0.3 is 0 Å². The molecule has 0 amide bonds. The predicted molar refractivity (Wildman–Crippen MR) is 200 cm³/mol. The molecule has 0 fully saturated rings. The lowest BCUT2D eigenvalue weighted by atomic mass is 9.97. The predicted octanol–water partition coefficient (Wildman–Crippen LogP) is 10.8. The van der Waals surface area contributed by atoms with Gasteiger partial charge in [0.15, 0.2) is 11.6 Å². The third-order valence-corrected chi connectivity index (χ3v) is 8.53. The van der Waals surface area contributed by atoms with Crippen LogP contribution in [0.1, 0.15) is 5.56 Å². The summed E-state index contributed by atoms with van der Waals surface area (Å²) >= 11 is 0. The molecule has 234 valence electrons. The molecule has 2 heterocycles. The van der Waals surface area contributed by atoms with Crippen LogP contribution in [0, 0.1) is 11.3 Å². The largest absolute Gasteiger partial charge is 0.228 e. The first-order chi connectivity index (χ1) is 24.7.